The second-order valence-corrected chi connectivity index (χ2v) is 4.42. The third-order valence-corrected chi connectivity index (χ3v) is 3.04. The zero-order valence-electron chi connectivity index (χ0n) is 9.40. The molecule has 0 saturated heterocycles. The Bertz CT molecular complexity index is 533. The molecule has 0 aliphatic carbocycles. The number of aliphatic hydroxyl groups excluding tert-OH is 1. The third-order valence-electron chi connectivity index (χ3n) is 2.81. The number of aromatic nitrogens is 1. The Morgan fingerprint density at radius 2 is 2.18 bits per heavy atom. The maximum atomic E-state index is 11.0. The minimum Gasteiger partial charge on any atom is -0.396 e. The lowest BCUT2D eigenvalue weighted by Gasteiger charge is -2.04. The number of hydrogen-bond acceptors (Lipinski definition) is 2. The van der Waals surface area contributed by atoms with E-state index in [9.17, 15) is 4.79 Å². The van der Waals surface area contributed by atoms with Crippen molar-refractivity contribution in [2.75, 3.05) is 6.61 Å². The van der Waals surface area contributed by atoms with E-state index in [-0.39, 0.29) is 6.61 Å². The molecule has 2 rings (SSSR count). The highest BCUT2D eigenvalue weighted by atomic mass is 35.5. The molecule has 0 unspecified atom stereocenters. The van der Waals surface area contributed by atoms with Crippen LogP contribution in [0.15, 0.2) is 24.4 Å². The lowest BCUT2D eigenvalue weighted by molar-refractivity contribution is 0.112. The molecule has 90 valence electrons. The van der Waals surface area contributed by atoms with Crippen molar-refractivity contribution in [3.63, 3.8) is 0 Å². The summed E-state index contributed by atoms with van der Waals surface area (Å²) in [6, 6.07) is 5.52. The molecule has 3 nitrogen and oxygen atoms in total. The Morgan fingerprint density at radius 3 is 2.88 bits per heavy atom. The first kappa shape index (κ1) is 12.1. The maximum absolute atomic E-state index is 11.0. The molecule has 1 heterocycles. The fourth-order valence-electron chi connectivity index (χ4n) is 1.97. The van der Waals surface area contributed by atoms with Crippen LogP contribution in [0.4, 0.5) is 0 Å². The molecule has 0 bridgehead atoms. The number of unbranched alkanes of at least 4 members (excludes halogenated alkanes) is 1. The Hall–Kier alpha value is -1.32. The van der Waals surface area contributed by atoms with Crippen LogP contribution in [-0.2, 0) is 6.54 Å². The molecule has 1 aromatic carbocycles. The summed E-state index contributed by atoms with van der Waals surface area (Å²) in [5.74, 6) is 0. The number of aliphatic hydroxyl groups is 1. The van der Waals surface area contributed by atoms with Crippen molar-refractivity contribution in [1.82, 2.24) is 4.57 Å². The van der Waals surface area contributed by atoms with E-state index in [0.717, 1.165) is 36.6 Å². The van der Waals surface area contributed by atoms with Crippen molar-refractivity contribution in [2.45, 2.75) is 19.4 Å². The van der Waals surface area contributed by atoms with E-state index in [1.807, 2.05) is 22.9 Å². The highest BCUT2D eigenvalue weighted by Crippen LogP contribution is 2.24. The van der Waals surface area contributed by atoms with Crippen molar-refractivity contribution >= 4 is 28.8 Å². The molecule has 0 fully saturated rings. The summed E-state index contributed by atoms with van der Waals surface area (Å²) in [6.45, 7) is 0.978. The Labute approximate surface area is 105 Å². The Kier molecular flexibility index (Phi) is 3.82. The van der Waals surface area contributed by atoms with Crippen LogP contribution in [-0.4, -0.2) is 22.6 Å². The first-order chi connectivity index (χ1) is 8.26. The highest BCUT2D eigenvalue weighted by Gasteiger charge is 2.07. The first-order valence-electron chi connectivity index (χ1n) is 5.60. The second kappa shape index (κ2) is 5.34. The van der Waals surface area contributed by atoms with Gasteiger partial charge in [-0.15, -0.1) is 0 Å². The Balaban J connectivity index is 2.40. The number of aryl methyl sites for hydroxylation is 1. The van der Waals surface area contributed by atoms with Gasteiger partial charge in [-0.05, 0) is 25.0 Å². The molecule has 0 atom stereocenters. The van der Waals surface area contributed by atoms with Crippen molar-refractivity contribution < 1.29 is 9.90 Å². The summed E-state index contributed by atoms with van der Waals surface area (Å²) in [5, 5.41) is 10.4. The summed E-state index contributed by atoms with van der Waals surface area (Å²) in [7, 11) is 0. The minimum atomic E-state index is 0.195. The van der Waals surface area contributed by atoms with Crippen LogP contribution in [0, 0.1) is 0 Å². The molecule has 0 spiro atoms. The van der Waals surface area contributed by atoms with Crippen molar-refractivity contribution in [1.29, 1.82) is 0 Å². The average Bonchev–Trinajstić information content (AvgIpc) is 2.67. The molecule has 2 aromatic rings. The van der Waals surface area contributed by atoms with E-state index < -0.39 is 0 Å². The topological polar surface area (TPSA) is 42.2 Å². The van der Waals surface area contributed by atoms with Crippen molar-refractivity contribution in [2.24, 2.45) is 0 Å². The van der Waals surface area contributed by atoms with Gasteiger partial charge in [0.2, 0.25) is 0 Å². The van der Waals surface area contributed by atoms with Crippen LogP contribution in [0.25, 0.3) is 10.9 Å². The number of benzene rings is 1. The van der Waals surface area contributed by atoms with Gasteiger partial charge in [0.25, 0.3) is 0 Å². The fraction of sp³-hybridized carbons (Fsp3) is 0.308. The summed E-state index contributed by atoms with van der Waals surface area (Å²) in [5.41, 5.74) is 1.65. The fourth-order valence-corrected chi connectivity index (χ4v) is 2.13. The monoisotopic (exact) mass is 251 g/mol. The van der Waals surface area contributed by atoms with Gasteiger partial charge in [-0.3, -0.25) is 4.79 Å². The zero-order valence-corrected chi connectivity index (χ0v) is 10.2. The predicted octanol–water partition coefficient (Wildman–Crippen LogP) is 2.88. The number of rotatable bonds is 5. The summed E-state index contributed by atoms with van der Waals surface area (Å²) in [4.78, 5) is 11.0. The van der Waals surface area contributed by atoms with Gasteiger partial charge in [0.15, 0.2) is 6.29 Å². The van der Waals surface area contributed by atoms with Gasteiger partial charge >= 0.3 is 0 Å². The van der Waals surface area contributed by atoms with Gasteiger partial charge in [0, 0.05) is 35.3 Å². The summed E-state index contributed by atoms with van der Waals surface area (Å²) in [6.07, 6.45) is 4.34. The van der Waals surface area contributed by atoms with Crippen LogP contribution in [0.5, 0.6) is 0 Å². The van der Waals surface area contributed by atoms with Crippen molar-refractivity contribution in [3.05, 3.63) is 35.0 Å². The largest absolute Gasteiger partial charge is 0.396 e. The van der Waals surface area contributed by atoms with E-state index in [1.54, 1.807) is 6.07 Å². The van der Waals surface area contributed by atoms with Crippen LogP contribution < -0.4 is 0 Å². The number of hydrogen-bond donors (Lipinski definition) is 1. The number of fused-ring (bicyclic) bond motifs is 1. The molecule has 0 radical (unpaired) electrons. The first-order valence-corrected chi connectivity index (χ1v) is 5.98. The van der Waals surface area contributed by atoms with E-state index in [2.05, 4.69) is 0 Å². The molecule has 1 aromatic heterocycles. The second-order valence-electron chi connectivity index (χ2n) is 3.99. The molecule has 0 aliphatic rings. The van der Waals surface area contributed by atoms with E-state index in [0.29, 0.717) is 10.6 Å². The molecule has 17 heavy (non-hydrogen) atoms. The van der Waals surface area contributed by atoms with Gasteiger partial charge in [-0.1, -0.05) is 17.7 Å². The molecule has 0 saturated carbocycles. The number of carbonyl (C=O) groups excluding carboxylic acids is 1. The van der Waals surface area contributed by atoms with E-state index in [1.165, 1.54) is 0 Å². The van der Waals surface area contributed by atoms with Crippen LogP contribution in [0.2, 0.25) is 5.02 Å². The van der Waals surface area contributed by atoms with Gasteiger partial charge in [0.05, 0.1) is 5.52 Å². The standard InChI is InChI=1S/C13H14ClNO2/c14-11-3-4-12-10(9-17)8-15(13(12)7-11)5-1-2-6-16/h3-4,7-9,16H,1-2,5-6H2. The smallest absolute Gasteiger partial charge is 0.152 e. The zero-order chi connectivity index (χ0) is 12.3. The number of nitrogens with zero attached hydrogens (tertiary/aromatic N) is 1. The summed E-state index contributed by atoms with van der Waals surface area (Å²) < 4.78 is 2.01. The average molecular weight is 252 g/mol. The van der Waals surface area contributed by atoms with Crippen LogP contribution in [0.3, 0.4) is 0 Å². The molecule has 0 aliphatic heterocycles. The highest BCUT2D eigenvalue weighted by molar-refractivity contribution is 6.31. The van der Waals surface area contributed by atoms with Crippen LogP contribution in [0.1, 0.15) is 23.2 Å². The quantitative estimate of drug-likeness (QED) is 0.656. The predicted molar refractivity (Wildman–Crippen MR) is 68.7 cm³/mol. The van der Waals surface area contributed by atoms with E-state index in [4.69, 9.17) is 16.7 Å². The van der Waals surface area contributed by atoms with Gasteiger partial charge in [-0.25, -0.2) is 0 Å². The lowest BCUT2D eigenvalue weighted by atomic mass is 10.2. The van der Waals surface area contributed by atoms with Crippen molar-refractivity contribution in [3.8, 4) is 0 Å². The van der Waals surface area contributed by atoms with Gasteiger partial charge in [-0.2, -0.15) is 0 Å². The third kappa shape index (κ3) is 2.51. The lowest BCUT2D eigenvalue weighted by Crippen LogP contribution is -1.97. The van der Waals surface area contributed by atoms with Gasteiger partial charge in [0.1, 0.15) is 0 Å². The Morgan fingerprint density at radius 1 is 1.35 bits per heavy atom. The minimum absolute atomic E-state index is 0.195. The summed E-state index contributed by atoms with van der Waals surface area (Å²) >= 11 is 5.96. The number of aldehydes is 1. The molecular formula is C13H14ClNO2. The molecule has 0 amide bonds. The molecule has 1 N–H and O–H groups in total. The number of halogens is 1. The molecule has 4 heteroatoms. The van der Waals surface area contributed by atoms with Gasteiger partial charge < -0.3 is 9.67 Å². The SMILES string of the molecule is O=Cc1cn(CCCCO)c2cc(Cl)ccc12. The van der Waals surface area contributed by atoms with Crippen LogP contribution >= 0.6 is 11.6 Å². The number of carbonyl (C=O) groups is 1. The normalized spacial score (nSPS) is 10.9. The molecular weight excluding hydrogens is 238 g/mol. The van der Waals surface area contributed by atoms with E-state index >= 15 is 0 Å². The maximum Gasteiger partial charge on any atom is 0.152 e.